The first kappa shape index (κ1) is 16.3. The number of piperidine rings is 1. The highest BCUT2D eigenvalue weighted by molar-refractivity contribution is 5.89. The van der Waals surface area contributed by atoms with Gasteiger partial charge >= 0.3 is 6.03 Å². The number of amides is 2. The maximum absolute atomic E-state index is 12.1. The van der Waals surface area contributed by atoms with Crippen molar-refractivity contribution in [2.75, 3.05) is 32.1 Å². The van der Waals surface area contributed by atoms with E-state index in [1.54, 1.807) is 7.11 Å². The lowest BCUT2D eigenvalue weighted by atomic mass is 10.0. The van der Waals surface area contributed by atoms with Gasteiger partial charge in [0.05, 0.1) is 6.61 Å². The summed E-state index contributed by atoms with van der Waals surface area (Å²) in [7, 11) is 1.68. The summed E-state index contributed by atoms with van der Waals surface area (Å²) in [5.74, 6) is 0.948. The summed E-state index contributed by atoms with van der Waals surface area (Å²) in [6.45, 7) is 4.05. The molecule has 1 saturated carbocycles. The molecule has 2 fully saturated rings. The van der Waals surface area contributed by atoms with Crippen molar-refractivity contribution in [1.29, 1.82) is 0 Å². The highest BCUT2D eigenvalue weighted by Gasteiger charge is 2.27. The topological polar surface area (TPSA) is 53.6 Å². The smallest absolute Gasteiger partial charge is 0.319 e. The Bertz CT molecular complexity index is 506. The third-order valence-electron chi connectivity index (χ3n) is 4.66. The molecule has 2 aliphatic rings. The fourth-order valence-corrected chi connectivity index (χ4v) is 3.13. The second-order valence-electron chi connectivity index (χ2n) is 6.75. The quantitative estimate of drug-likeness (QED) is 0.848. The van der Waals surface area contributed by atoms with E-state index in [1.807, 2.05) is 24.3 Å². The first-order chi connectivity index (χ1) is 11.2. The largest absolute Gasteiger partial charge is 0.380 e. The zero-order valence-electron chi connectivity index (χ0n) is 13.9. The van der Waals surface area contributed by atoms with Crippen LogP contribution in [0.1, 0.15) is 31.2 Å². The Kier molecular flexibility index (Phi) is 5.51. The Balaban J connectivity index is 1.39. The number of urea groups is 1. The molecule has 1 aliphatic carbocycles. The van der Waals surface area contributed by atoms with Gasteiger partial charge in [-0.1, -0.05) is 12.1 Å². The Hall–Kier alpha value is -1.59. The van der Waals surface area contributed by atoms with Gasteiger partial charge in [-0.3, -0.25) is 0 Å². The van der Waals surface area contributed by atoms with Gasteiger partial charge < -0.3 is 20.3 Å². The molecule has 1 aliphatic heterocycles. The molecule has 0 bridgehead atoms. The molecule has 126 valence electrons. The predicted molar refractivity (Wildman–Crippen MR) is 91.5 cm³/mol. The van der Waals surface area contributed by atoms with E-state index in [9.17, 15) is 4.79 Å². The van der Waals surface area contributed by atoms with Crippen molar-refractivity contribution in [3.63, 3.8) is 0 Å². The predicted octanol–water partition coefficient (Wildman–Crippen LogP) is 2.83. The van der Waals surface area contributed by atoms with Gasteiger partial charge in [-0.05, 0) is 49.3 Å². The molecule has 3 rings (SSSR count). The zero-order chi connectivity index (χ0) is 16.1. The maximum atomic E-state index is 12.1. The van der Waals surface area contributed by atoms with Crippen LogP contribution in [0.2, 0.25) is 0 Å². The fourth-order valence-electron chi connectivity index (χ4n) is 3.13. The Morgan fingerprint density at radius 1 is 1.17 bits per heavy atom. The highest BCUT2D eigenvalue weighted by Crippen LogP contribution is 2.30. The molecule has 1 heterocycles. The van der Waals surface area contributed by atoms with Gasteiger partial charge in [0.2, 0.25) is 0 Å². The lowest BCUT2D eigenvalue weighted by Crippen LogP contribution is -2.46. The summed E-state index contributed by atoms with van der Waals surface area (Å²) < 4.78 is 5.08. The van der Waals surface area contributed by atoms with E-state index < -0.39 is 0 Å². The average Bonchev–Trinajstić information content (AvgIpc) is 3.35. The number of hydrogen-bond donors (Lipinski definition) is 2. The van der Waals surface area contributed by atoms with Crippen LogP contribution < -0.4 is 10.6 Å². The van der Waals surface area contributed by atoms with E-state index in [-0.39, 0.29) is 6.03 Å². The van der Waals surface area contributed by atoms with Gasteiger partial charge in [0.1, 0.15) is 0 Å². The third-order valence-corrected chi connectivity index (χ3v) is 4.66. The van der Waals surface area contributed by atoms with Gasteiger partial charge in [-0.15, -0.1) is 0 Å². The van der Waals surface area contributed by atoms with Crippen LogP contribution in [-0.2, 0) is 11.3 Å². The maximum Gasteiger partial charge on any atom is 0.319 e. The van der Waals surface area contributed by atoms with Crippen LogP contribution >= 0.6 is 0 Å². The van der Waals surface area contributed by atoms with Gasteiger partial charge in [0.25, 0.3) is 0 Å². The van der Waals surface area contributed by atoms with E-state index in [0.717, 1.165) is 43.1 Å². The number of methoxy groups -OCH3 is 1. The highest BCUT2D eigenvalue weighted by atomic mass is 16.5. The number of hydrogen-bond acceptors (Lipinski definition) is 3. The molecule has 0 aromatic heterocycles. The van der Waals surface area contributed by atoms with Crippen LogP contribution in [0, 0.1) is 5.92 Å². The molecule has 2 N–H and O–H groups in total. The fraction of sp³-hybridized carbons (Fsp3) is 0.611. The lowest BCUT2D eigenvalue weighted by Gasteiger charge is -2.32. The molecule has 0 unspecified atom stereocenters. The Labute approximate surface area is 138 Å². The molecule has 0 spiro atoms. The van der Waals surface area contributed by atoms with Gasteiger partial charge in [-0.2, -0.15) is 0 Å². The number of nitrogens with one attached hydrogen (secondary N) is 2. The summed E-state index contributed by atoms with van der Waals surface area (Å²) in [5.41, 5.74) is 1.91. The number of rotatable bonds is 6. The average molecular weight is 317 g/mol. The summed E-state index contributed by atoms with van der Waals surface area (Å²) >= 11 is 0. The molecule has 1 aromatic rings. The number of carbonyl (C=O) groups excluding carboxylic acids is 1. The number of benzene rings is 1. The van der Waals surface area contributed by atoms with Crippen molar-refractivity contribution < 1.29 is 9.53 Å². The molecular formula is C18H27N3O2. The molecule has 1 aromatic carbocycles. The second-order valence-corrected chi connectivity index (χ2v) is 6.75. The van der Waals surface area contributed by atoms with E-state index in [4.69, 9.17) is 4.74 Å². The van der Waals surface area contributed by atoms with Crippen molar-refractivity contribution >= 4 is 11.7 Å². The molecule has 2 amide bonds. The number of carbonyl (C=O) groups is 1. The number of anilines is 1. The molecule has 5 nitrogen and oxygen atoms in total. The van der Waals surface area contributed by atoms with Crippen molar-refractivity contribution in [3.05, 3.63) is 29.8 Å². The standard InChI is InChI=1S/C18H27N3O2/c1-23-13-15-4-6-16(7-5-15)19-18(22)20-17-8-10-21(11-9-17)12-14-2-3-14/h4-7,14,17H,2-3,8-13H2,1H3,(H2,19,20,22). The minimum atomic E-state index is -0.106. The molecule has 5 heteroatoms. The van der Waals surface area contributed by atoms with Crippen LogP contribution in [0.3, 0.4) is 0 Å². The van der Waals surface area contributed by atoms with Crippen molar-refractivity contribution in [3.8, 4) is 0 Å². The Morgan fingerprint density at radius 2 is 1.87 bits per heavy atom. The summed E-state index contributed by atoms with van der Waals surface area (Å²) in [6, 6.07) is 7.94. The monoisotopic (exact) mass is 317 g/mol. The van der Waals surface area contributed by atoms with E-state index in [0.29, 0.717) is 12.6 Å². The number of nitrogens with zero attached hydrogens (tertiary/aromatic N) is 1. The molecule has 0 radical (unpaired) electrons. The van der Waals surface area contributed by atoms with Gasteiger partial charge in [-0.25, -0.2) is 4.79 Å². The molecule has 1 saturated heterocycles. The van der Waals surface area contributed by atoms with Crippen molar-refractivity contribution in [2.24, 2.45) is 5.92 Å². The zero-order valence-corrected chi connectivity index (χ0v) is 13.9. The minimum Gasteiger partial charge on any atom is -0.380 e. The molecule has 0 atom stereocenters. The second kappa shape index (κ2) is 7.79. The normalized spacial score (nSPS) is 19.5. The molecular weight excluding hydrogens is 290 g/mol. The van der Waals surface area contributed by atoms with E-state index in [2.05, 4.69) is 15.5 Å². The third kappa shape index (κ3) is 5.22. The van der Waals surface area contributed by atoms with Crippen LogP contribution in [0.4, 0.5) is 10.5 Å². The number of ether oxygens (including phenoxy) is 1. The lowest BCUT2D eigenvalue weighted by molar-refractivity contribution is 0.185. The van der Waals surface area contributed by atoms with Crippen LogP contribution in [0.5, 0.6) is 0 Å². The van der Waals surface area contributed by atoms with Gasteiger partial charge in [0.15, 0.2) is 0 Å². The van der Waals surface area contributed by atoms with Crippen LogP contribution in [0.15, 0.2) is 24.3 Å². The summed E-state index contributed by atoms with van der Waals surface area (Å²) in [5, 5.41) is 6.00. The van der Waals surface area contributed by atoms with Crippen molar-refractivity contribution in [2.45, 2.75) is 38.3 Å². The van der Waals surface area contributed by atoms with Gasteiger partial charge in [0, 0.05) is 38.5 Å². The van der Waals surface area contributed by atoms with E-state index in [1.165, 1.54) is 19.4 Å². The summed E-state index contributed by atoms with van der Waals surface area (Å²) in [4.78, 5) is 14.6. The summed E-state index contributed by atoms with van der Waals surface area (Å²) in [6.07, 6.45) is 4.91. The SMILES string of the molecule is COCc1ccc(NC(=O)NC2CCN(CC3CC3)CC2)cc1. The van der Waals surface area contributed by atoms with Crippen molar-refractivity contribution in [1.82, 2.24) is 10.2 Å². The number of likely N-dealkylation sites (tertiary alicyclic amines) is 1. The van der Waals surface area contributed by atoms with Crippen LogP contribution in [0.25, 0.3) is 0 Å². The Morgan fingerprint density at radius 3 is 2.48 bits per heavy atom. The van der Waals surface area contributed by atoms with E-state index >= 15 is 0 Å². The molecule has 23 heavy (non-hydrogen) atoms. The van der Waals surface area contributed by atoms with Crippen LogP contribution in [-0.4, -0.2) is 43.7 Å². The first-order valence-electron chi connectivity index (χ1n) is 8.60. The first-order valence-corrected chi connectivity index (χ1v) is 8.60. The minimum absolute atomic E-state index is 0.106.